The van der Waals surface area contributed by atoms with Crippen LogP contribution in [0.5, 0.6) is 0 Å². The number of rotatable bonds is 2. The topological polar surface area (TPSA) is 26.3 Å². The van der Waals surface area contributed by atoms with E-state index in [1.54, 1.807) is 0 Å². The van der Waals surface area contributed by atoms with E-state index in [2.05, 4.69) is 6.58 Å². The van der Waals surface area contributed by atoms with Crippen LogP contribution in [0.2, 0.25) is 0 Å². The molecule has 2 nitrogen and oxygen atoms in total. The summed E-state index contributed by atoms with van der Waals surface area (Å²) in [4.78, 5) is 12.2. The molecule has 88 valence electrons. The molecule has 2 rings (SSSR count). The average molecular weight is 228 g/mol. The summed E-state index contributed by atoms with van der Waals surface area (Å²) in [5, 5.41) is 0. The molecule has 0 fully saturated rings. The minimum atomic E-state index is -0.722. The third kappa shape index (κ3) is 1.60. The Morgan fingerprint density at radius 3 is 2.76 bits per heavy atom. The lowest BCUT2D eigenvalue weighted by molar-refractivity contribution is -0.146. The van der Waals surface area contributed by atoms with Crippen LogP contribution in [0.1, 0.15) is 24.5 Å². The normalized spacial score (nSPS) is 21.8. The van der Waals surface area contributed by atoms with Crippen LogP contribution >= 0.6 is 0 Å². The van der Waals surface area contributed by atoms with Gasteiger partial charge in [-0.1, -0.05) is 48.6 Å². The molecule has 2 heteroatoms. The van der Waals surface area contributed by atoms with Crippen molar-refractivity contribution in [3.8, 4) is 0 Å². The second-order valence-corrected chi connectivity index (χ2v) is 4.37. The molecule has 0 bridgehead atoms. The minimum Gasteiger partial charge on any atom is -0.468 e. The molecule has 0 spiro atoms. The van der Waals surface area contributed by atoms with Gasteiger partial charge in [-0.3, -0.25) is 4.79 Å². The number of benzene rings is 1. The first-order chi connectivity index (χ1) is 8.13. The van der Waals surface area contributed by atoms with Gasteiger partial charge in [0.25, 0.3) is 0 Å². The van der Waals surface area contributed by atoms with Gasteiger partial charge in [0.15, 0.2) is 0 Å². The van der Waals surface area contributed by atoms with Crippen molar-refractivity contribution in [2.24, 2.45) is 0 Å². The first kappa shape index (κ1) is 11.6. The largest absolute Gasteiger partial charge is 0.468 e. The number of ether oxygens (including phenoxy) is 1. The minimum absolute atomic E-state index is 0.234. The summed E-state index contributed by atoms with van der Waals surface area (Å²) in [7, 11) is 1.42. The molecule has 1 unspecified atom stereocenters. The lowest BCUT2D eigenvalue weighted by atomic mass is 9.68. The van der Waals surface area contributed by atoms with Crippen molar-refractivity contribution in [1.82, 2.24) is 0 Å². The van der Waals surface area contributed by atoms with Gasteiger partial charge in [0.05, 0.1) is 7.11 Å². The number of hydrogen-bond acceptors (Lipinski definition) is 2. The molecule has 0 radical (unpaired) electrons. The molecule has 1 aliphatic carbocycles. The summed E-state index contributed by atoms with van der Waals surface area (Å²) in [6.07, 6.45) is 4.67. The van der Waals surface area contributed by atoms with E-state index in [1.807, 2.05) is 43.3 Å². The Kier molecular flexibility index (Phi) is 2.88. The number of fused-ring (bicyclic) bond motifs is 1. The molecule has 0 amide bonds. The summed E-state index contributed by atoms with van der Waals surface area (Å²) in [5.41, 5.74) is 2.15. The predicted molar refractivity (Wildman–Crippen MR) is 68.6 cm³/mol. The molecule has 0 aliphatic heterocycles. The van der Waals surface area contributed by atoms with E-state index in [0.717, 1.165) is 16.7 Å². The lowest BCUT2D eigenvalue weighted by Gasteiger charge is -2.34. The quantitative estimate of drug-likeness (QED) is 0.574. The zero-order valence-corrected chi connectivity index (χ0v) is 10.2. The SMILES string of the molecule is C=C(C)C1(C(=O)OC)CC=Cc2ccccc21. The van der Waals surface area contributed by atoms with Gasteiger partial charge < -0.3 is 4.74 Å². The summed E-state index contributed by atoms with van der Waals surface area (Å²) >= 11 is 0. The highest BCUT2D eigenvalue weighted by Crippen LogP contribution is 2.41. The molecule has 1 atom stereocenters. The van der Waals surface area contributed by atoms with Gasteiger partial charge in [-0.2, -0.15) is 0 Å². The maximum atomic E-state index is 12.2. The zero-order chi connectivity index (χ0) is 12.5. The van der Waals surface area contributed by atoms with Gasteiger partial charge in [-0.05, 0) is 24.5 Å². The van der Waals surface area contributed by atoms with E-state index in [-0.39, 0.29) is 5.97 Å². The van der Waals surface area contributed by atoms with Gasteiger partial charge in [0, 0.05) is 0 Å². The molecule has 1 aromatic rings. The molecule has 0 saturated heterocycles. The highest BCUT2D eigenvalue weighted by atomic mass is 16.5. The fourth-order valence-electron chi connectivity index (χ4n) is 2.45. The summed E-state index contributed by atoms with van der Waals surface area (Å²) in [6, 6.07) is 7.89. The first-order valence-electron chi connectivity index (χ1n) is 5.63. The summed E-state index contributed by atoms with van der Waals surface area (Å²) < 4.78 is 4.98. The van der Waals surface area contributed by atoms with Crippen LogP contribution in [0.3, 0.4) is 0 Å². The van der Waals surface area contributed by atoms with Crippen molar-refractivity contribution in [2.75, 3.05) is 7.11 Å². The Bertz CT molecular complexity index is 499. The van der Waals surface area contributed by atoms with Crippen LogP contribution < -0.4 is 0 Å². The van der Waals surface area contributed by atoms with E-state index in [4.69, 9.17) is 4.74 Å². The Morgan fingerprint density at radius 1 is 1.41 bits per heavy atom. The Morgan fingerprint density at radius 2 is 2.12 bits per heavy atom. The third-order valence-corrected chi connectivity index (χ3v) is 3.40. The van der Waals surface area contributed by atoms with Gasteiger partial charge in [-0.15, -0.1) is 0 Å². The van der Waals surface area contributed by atoms with Crippen LogP contribution in [0.15, 0.2) is 42.5 Å². The Balaban J connectivity index is 2.67. The van der Waals surface area contributed by atoms with Crippen LogP contribution in [-0.4, -0.2) is 13.1 Å². The van der Waals surface area contributed by atoms with Crippen molar-refractivity contribution in [3.63, 3.8) is 0 Å². The molecule has 0 aromatic heterocycles. The molecule has 0 heterocycles. The van der Waals surface area contributed by atoms with E-state index in [9.17, 15) is 4.79 Å². The molecular formula is C15H16O2. The average Bonchev–Trinajstić information content (AvgIpc) is 2.36. The molecular weight excluding hydrogens is 212 g/mol. The monoisotopic (exact) mass is 228 g/mol. The van der Waals surface area contributed by atoms with E-state index in [0.29, 0.717) is 6.42 Å². The maximum Gasteiger partial charge on any atom is 0.320 e. The van der Waals surface area contributed by atoms with Crippen molar-refractivity contribution in [2.45, 2.75) is 18.8 Å². The fraction of sp³-hybridized carbons (Fsp3) is 0.267. The summed E-state index contributed by atoms with van der Waals surface area (Å²) in [6.45, 7) is 5.87. The lowest BCUT2D eigenvalue weighted by Crippen LogP contribution is -2.39. The van der Waals surface area contributed by atoms with Crippen molar-refractivity contribution < 1.29 is 9.53 Å². The van der Waals surface area contributed by atoms with Gasteiger partial charge >= 0.3 is 5.97 Å². The van der Waals surface area contributed by atoms with E-state index < -0.39 is 5.41 Å². The fourth-order valence-corrected chi connectivity index (χ4v) is 2.45. The Hall–Kier alpha value is -1.83. The van der Waals surface area contributed by atoms with E-state index >= 15 is 0 Å². The predicted octanol–water partition coefficient (Wildman–Crippen LogP) is 3.09. The molecule has 1 aromatic carbocycles. The second kappa shape index (κ2) is 4.21. The highest BCUT2D eigenvalue weighted by Gasteiger charge is 2.43. The van der Waals surface area contributed by atoms with Crippen LogP contribution in [-0.2, 0) is 14.9 Å². The van der Waals surface area contributed by atoms with Gasteiger partial charge in [0.2, 0.25) is 0 Å². The maximum absolute atomic E-state index is 12.2. The smallest absolute Gasteiger partial charge is 0.320 e. The van der Waals surface area contributed by atoms with Crippen LogP contribution in [0, 0.1) is 0 Å². The standard InChI is InChI=1S/C15H16O2/c1-11(2)15(14(16)17-3)10-6-8-12-7-4-5-9-13(12)15/h4-9H,1,10H2,2-3H3. The summed E-state index contributed by atoms with van der Waals surface area (Å²) in [5.74, 6) is -0.234. The van der Waals surface area contributed by atoms with Crippen LogP contribution in [0.25, 0.3) is 6.08 Å². The van der Waals surface area contributed by atoms with Gasteiger partial charge in [-0.25, -0.2) is 0 Å². The second-order valence-electron chi connectivity index (χ2n) is 4.37. The number of methoxy groups -OCH3 is 1. The number of esters is 1. The Labute approximate surface area is 102 Å². The number of hydrogen-bond donors (Lipinski definition) is 0. The first-order valence-corrected chi connectivity index (χ1v) is 5.63. The van der Waals surface area contributed by atoms with E-state index in [1.165, 1.54) is 7.11 Å². The molecule has 0 N–H and O–H groups in total. The molecule has 0 saturated carbocycles. The van der Waals surface area contributed by atoms with Crippen molar-refractivity contribution >= 4 is 12.0 Å². The molecule has 1 aliphatic rings. The highest BCUT2D eigenvalue weighted by molar-refractivity contribution is 5.90. The number of carbonyl (C=O) groups is 1. The number of carbonyl (C=O) groups excluding carboxylic acids is 1. The molecule has 17 heavy (non-hydrogen) atoms. The van der Waals surface area contributed by atoms with Crippen molar-refractivity contribution in [3.05, 3.63) is 53.6 Å². The van der Waals surface area contributed by atoms with Gasteiger partial charge in [0.1, 0.15) is 5.41 Å². The number of allylic oxidation sites excluding steroid dienone is 1. The van der Waals surface area contributed by atoms with Crippen molar-refractivity contribution in [1.29, 1.82) is 0 Å². The van der Waals surface area contributed by atoms with Crippen LogP contribution in [0.4, 0.5) is 0 Å². The zero-order valence-electron chi connectivity index (χ0n) is 10.2. The third-order valence-electron chi connectivity index (χ3n) is 3.40.